The van der Waals surface area contributed by atoms with Gasteiger partial charge in [-0.2, -0.15) is 0 Å². The van der Waals surface area contributed by atoms with Gasteiger partial charge in [0.25, 0.3) is 0 Å². The summed E-state index contributed by atoms with van der Waals surface area (Å²) in [6, 6.07) is 24.1. The van der Waals surface area contributed by atoms with E-state index in [1.54, 1.807) is 14.2 Å². The number of aliphatic hydroxyl groups is 1. The normalized spacial score (nSPS) is 10.8. The molecule has 0 bridgehead atoms. The molecule has 4 aromatic rings. The Labute approximate surface area is 176 Å². The number of ether oxygens (including phenoxy) is 2. The Bertz CT molecular complexity index is 1120. The highest BCUT2D eigenvalue weighted by Crippen LogP contribution is 2.34. The SMILES string of the molecule is COc1cc(OC)cc(N(CCO)c2ccc3ncc(-c4ccccc4)cc3c2)c1. The van der Waals surface area contributed by atoms with Crippen LogP contribution in [0, 0.1) is 0 Å². The molecule has 5 nitrogen and oxygen atoms in total. The van der Waals surface area contributed by atoms with Gasteiger partial charge in [-0.3, -0.25) is 4.98 Å². The predicted octanol–water partition coefficient (Wildman–Crippen LogP) is 5.05. The molecule has 0 unspecified atom stereocenters. The molecule has 5 heteroatoms. The van der Waals surface area contributed by atoms with Crippen LogP contribution in [0.1, 0.15) is 0 Å². The first-order valence-corrected chi connectivity index (χ1v) is 9.78. The maximum Gasteiger partial charge on any atom is 0.124 e. The van der Waals surface area contributed by atoms with Crippen LogP contribution >= 0.6 is 0 Å². The van der Waals surface area contributed by atoms with Crippen LogP contribution in [0.25, 0.3) is 22.0 Å². The molecule has 0 saturated heterocycles. The summed E-state index contributed by atoms with van der Waals surface area (Å²) >= 11 is 0. The fourth-order valence-electron chi connectivity index (χ4n) is 3.53. The van der Waals surface area contributed by atoms with Gasteiger partial charge in [0, 0.05) is 53.3 Å². The van der Waals surface area contributed by atoms with Crippen molar-refractivity contribution in [2.45, 2.75) is 0 Å². The third-order valence-corrected chi connectivity index (χ3v) is 5.06. The number of fused-ring (bicyclic) bond motifs is 1. The Morgan fingerprint density at radius 1 is 0.800 bits per heavy atom. The van der Waals surface area contributed by atoms with Gasteiger partial charge in [0.2, 0.25) is 0 Å². The maximum absolute atomic E-state index is 9.70. The molecule has 1 aromatic heterocycles. The van der Waals surface area contributed by atoms with Crippen LogP contribution < -0.4 is 14.4 Å². The molecule has 0 fully saturated rings. The highest BCUT2D eigenvalue weighted by molar-refractivity contribution is 5.87. The summed E-state index contributed by atoms with van der Waals surface area (Å²) in [4.78, 5) is 6.66. The number of hydrogen-bond donors (Lipinski definition) is 1. The summed E-state index contributed by atoms with van der Waals surface area (Å²) < 4.78 is 10.8. The average Bonchev–Trinajstić information content (AvgIpc) is 2.82. The smallest absolute Gasteiger partial charge is 0.124 e. The molecule has 0 radical (unpaired) electrons. The molecular formula is C25H24N2O3. The third kappa shape index (κ3) is 4.07. The lowest BCUT2D eigenvalue weighted by molar-refractivity contribution is 0.305. The van der Waals surface area contributed by atoms with Gasteiger partial charge in [-0.1, -0.05) is 30.3 Å². The summed E-state index contributed by atoms with van der Waals surface area (Å²) in [6.45, 7) is 0.452. The van der Waals surface area contributed by atoms with Crippen molar-refractivity contribution in [2.24, 2.45) is 0 Å². The van der Waals surface area contributed by atoms with Crippen LogP contribution in [0.2, 0.25) is 0 Å². The number of methoxy groups -OCH3 is 2. The molecule has 1 heterocycles. The molecule has 0 atom stereocenters. The largest absolute Gasteiger partial charge is 0.497 e. The fraction of sp³-hybridized carbons (Fsp3) is 0.160. The van der Waals surface area contributed by atoms with Gasteiger partial charge in [-0.05, 0) is 29.8 Å². The number of benzene rings is 3. The monoisotopic (exact) mass is 400 g/mol. The topological polar surface area (TPSA) is 54.8 Å². The van der Waals surface area contributed by atoms with Crippen LogP contribution in [-0.2, 0) is 0 Å². The molecule has 0 aliphatic rings. The summed E-state index contributed by atoms with van der Waals surface area (Å²) in [6.07, 6.45) is 1.90. The van der Waals surface area contributed by atoms with Crippen molar-refractivity contribution in [1.29, 1.82) is 0 Å². The Morgan fingerprint density at radius 3 is 2.20 bits per heavy atom. The molecule has 3 aromatic carbocycles. The first-order chi connectivity index (χ1) is 14.7. The summed E-state index contributed by atoms with van der Waals surface area (Å²) in [5, 5.41) is 10.7. The number of aliphatic hydroxyl groups excluding tert-OH is 1. The second-order valence-electron chi connectivity index (χ2n) is 6.91. The molecule has 0 aliphatic carbocycles. The van der Waals surface area contributed by atoms with Crippen molar-refractivity contribution >= 4 is 22.3 Å². The van der Waals surface area contributed by atoms with Gasteiger partial charge < -0.3 is 19.5 Å². The van der Waals surface area contributed by atoms with E-state index < -0.39 is 0 Å². The van der Waals surface area contributed by atoms with E-state index in [9.17, 15) is 5.11 Å². The number of hydrogen-bond acceptors (Lipinski definition) is 5. The van der Waals surface area contributed by atoms with E-state index in [0.29, 0.717) is 18.0 Å². The first kappa shape index (κ1) is 19.7. The van der Waals surface area contributed by atoms with Crippen LogP contribution in [0.5, 0.6) is 11.5 Å². The lowest BCUT2D eigenvalue weighted by Crippen LogP contribution is -2.21. The minimum Gasteiger partial charge on any atom is -0.497 e. The molecule has 0 saturated carbocycles. The number of pyridine rings is 1. The molecule has 4 rings (SSSR count). The van der Waals surface area contributed by atoms with Crippen molar-refractivity contribution in [3.63, 3.8) is 0 Å². The lowest BCUT2D eigenvalue weighted by Gasteiger charge is -2.25. The zero-order valence-corrected chi connectivity index (χ0v) is 17.1. The zero-order valence-electron chi connectivity index (χ0n) is 17.1. The van der Waals surface area contributed by atoms with Crippen LogP contribution in [0.15, 0.2) is 79.0 Å². The summed E-state index contributed by atoms with van der Waals surface area (Å²) in [5.74, 6) is 1.39. The fourth-order valence-corrected chi connectivity index (χ4v) is 3.53. The van der Waals surface area contributed by atoms with Gasteiger partial charge in [0.05, 0.1) is 26.3 Å². The van der Waals surface area contributed by atoms with E-state index in [1.807, 2.05) is 59.6 Å². The van der Waals surface area contributed by atoms with Gasteiger partial charge >= 0.3 is 0 Å². The van der Waals surface area contributed by atoms with Crippen molar-refractivity contribution in [1.82, 2.24) is 4.98 Å². The van der Waals surface area contributed by atoms with E-state index in [-0.39, 0.29) is 6.61 Å². The van der Waals surface area contributed by atoms with E-state index in [0.717, 1.165) is 33.4 Å². The van der Waals surface area contributed by atoms with Crippen molar-refractivity contribution in [3.8, 4) is 22.6 Å². The number of aromatic nitrogens is 1. The molecule has 0 aliphatic heterocycles. The quantitative estimate of drug-likeness (QED) is 0.470. The molecule has 152 valence electrons. The maximum atomic E-state index is 9.70. The number of nitrogens with zero attached hydrogens (tertiary/aromatic N) is 2. The highest BCUT2D eigenvalue weighted by atomic mass is 16.5. The van der Waals surface area contributed by atoms with Gasteiger partial charge in [-0.25, -0.2) is 0 Å². The van der Waals surface area contributed by atoms with Gasteiger partial charge in [0.15, 0.2) is 0 Å². The van der Waals surface area contributed by atoms with Crippen LogP contribution in [0.4, 0.5) is 11.4 Å². The first-order valence-electron chi connectivity index (χ1n) is 9.78. The molecule has 0 amide bonds. The standard InChI is InChI=1S/C25H24N2O3/c1-29-23-14-22(15-24(16-23)30-2)27(10-11-28)21-8-9-25-19(13-21)12-20(17-26-25)18-6-4-3-5-7-18/h3-9,12-17,28H,10-11H2,1-2H3. The second kappa shape index (κ2) is 8.84. The second-order valence-corrected chi connectivity index (χ2v) is 6.91. The van der Waals surface area contributed by atoms with E-state index in [2.05, 4.69) is 29.2 Å². The number of rotatable bonds is 7. The molecular weight excluding hydrogens is 376 g/mol. The lowest BCUT2D eigenvalue weighted by atomic mass is 10.0. The molecule has 30 heavy (non-hydrogen) atoms. The Balaban J connectivity index is 1.79. The van der Waals surface area contributed by atoms with Crippen LogP contribution in [-0.4, -0.2) is 37.5 Å². The summed E-state index contributed by atoms with van der Waals surface area (Å²) in [5.41, 5.74) is 4.95. The highest BCUT2D eigenvalue weighted by Gasteiger charge is 2.13. The zero-order chi connectivity index (χ0) is 20.9. The van der Waals surface area contributed by atoms with E-state index in [4.69, 9.17) is 9.47 Å². The van der Waals surface area contributed by atoms with Gasteiger partial charge in [-0.15, -0.1) is 0 Å². The van der Waals surface area contributed by atoms with Crippen molar-refractivity contribution in [3.05, 3.63) is 79.0 Å². The average molecular weight is 400 g/mol. The minimum atomic E-state index is 0.0138. The van der Waals surface area contributed by atoms with Gasteiger partial charge in [0.1, 0.15) is 11.5 Å². The molecule has 0 spiro atoms. The molecule has 1 N–H and O–H groups in total. The van der Waals surface area contributed by atoms with E-state index in [1.165, 1.54) is 0 Å². The van der Waals surface area contributed by atoms with Crippen molar-refractivity contribution in [2.75, 3.05) is 32.3 Å². The summed E-state index contributed by atoms with van der Waals surface area (Å²) in [7, 11) is 3.25. The van der Waals surface area contributed by atoms with Crippen molar-refractivity contribution < 1.29 is 14.6 Å². The van der Waals surface area contributed by atoms with Crippen LogP contribution in [0.3, 0.4) is 0 Å². The minimum absolute atomic E-state index is 0.0138. The predicted molar refractivity (Wildman–Crippen MR) is 121 cm³/mol. The Hall–Kier alpha value is -3.57. The number of anilines is 2. The van der Waals surface area contributed by atoms with E-state index >= 15 is 0 Å². The Morgan fingerprint density at radius 2 is 1.53 bits per heavy atom. The third-order valence-electron chi connectivity index (χ3n) is 5.06. The Kier molecular flexibility index (Phi) is 5.82.